The van der Waals surface area contributed by atoms with Crippen molar-refractivity contribution < 1.29 is 9.59 Å². The van der Waals surface area contributed by atoms with Gasteiger partial charge >= 0.3 is 6.03 Å². The molecule has 0 saturated heterocycles. The first-order valence-corrected chi connectivity index (χ1v) is 6.73. The van der Waals surface area contributed by atoms with E-state index in [1.165, 1.54) is 12.1 Å². The van der Waals surface area contributed by atoms with Crippen molar-refractivity contribution in [2.24, 2.45) is 0 Å². The van der Waals surface area contributed by atoms with Gasteiger partial charge in [-0.1, -0.05) is 41.4 Å². The van der Waals surface area contributed by atoms with Gasteiger partial charge in [0, 0.05) is 5.69 Å². The Morgan fingerprint density at radius 3 is 2.48 bits per heavy atom. The van der Waals surface area contributed by atoms with Gasteiger partial charge < -0.3 is 5.32 Å². The molecule has 0 radical (unpaired) electrons. The Balaban J connectivity index is 2.06. The summed E-state index contributed by atoms with van der Waals surface area (Å²) < 4.78 is 0. The van der Waals surface area contributed by atoms with Crippen LogP contribution in [0.2, 0.25) is 10.3 Å². The third kappa shape index (κ3) is 3.93. The number of para-hydroxylation sites is 1. The lowest BCUT2D eigenvalue weighted by Gasteiger charge is -2.09. The molecule has 0 atom stereocenters. The monoisotopic (exact) mass is 323 g/mol. The molecular formula is C14H11Cl2N3O2. The van der Waals surface area contributed by atoms with Gasteiger partial charge in [0.1, 0.15) is 10.3 Å². The number of pyridine rings is 1. The normalized spacial score (nSPS) is 10.0. The van der Waals surface area contributed by atoms with Crippen LogP contribution >= 0.6 is 23.2 Å². The Morgan fingerprint density at radius 1 is 1.10 bits per heavy atom. The van der Waals surface area contributed by atoms with Crippen molar-refractivity contribution in [3.63, 3.8) is 0 Å². The maximum absolute atomic E-state index is 11.9. The highest BCUT2D eigenvalue weighted by atomic mass is 35.5. The third-order valence-electron chi connectivity index (χ3n) is 2.68. The van der Waals surface area contributed by atoms with Crippen molar-refractivity contribution in [1.29, 1.82) is 0 Å². The summed E-state index contributed by atoms with van der Waals surface area (Å²) in [6.45, 7) is 1.84. The maximum Gasteiger partial charge on any atom is 0.326 e. The molecule has 3 amide bonds. The molecule has 2 aromatic rings. The Kier molecular flexibility index (Phi) is 4.77. The number of aryl methyl sites for hydroxylation is 1. The van der Waals surface area contributed by atoms with E-state index in [1.54, 1.807) is 12.1 Å². The zero-order valence-corrected chi connectivity index (χ0v) is 12.5. The standard InChI is InChI=1S/C14H11Cl2N3O2/c1-8-4-2-3-5-10(8)17-14(21)19-13(20)9-6-7-11(15)18-12(9)16/h2-7H,1H3,(H2,17,19,20,21). The fraction of sp³-hybridized carbons (Fsp3) is 0.0714. The van der Waals surface area contributed by atoms with Gasteiger partial charge in [0.15, 0.2) is 0 Å². The molecule has 0 aliphatic rings. The molecule has 0 unspecified atom stereocenters. The maximum atomic E-state index is 11.9. The highest BCUT2D eigenvalue weighted by Crippen LogP contribution is 2.17. The quantitative estimate of drug-likeness (QED) is 0.828. The average molecular weight is 324 g/mol. The molecular weight excluding hydrogens is 313 g/mol. The predicted molar refractivity (Wildman–Crippen MR) is 81.9 cm³/mol. The van der Waals surface area contributed by atoms with Crippen LogP contribution in [0.1, 0.15) is 15.9 Å². The van der Waals surface area contributed by atoms with Crippen molar-refractivity contribution >= 4 is 40.8 Å². The number of anilines is 1. The van der Waals surface area contributed by atoms with Gasteiger partial charge in [-0.25, -0.2) is 9.78 Å². The van der Waals surface area contributed by atoms with Crippen LogP contribution in [0.15, 0.2) is 36.4 Å². The zero-order chi connectivity index (χ0) is 15.4. The lowest BCUT2D eigenvalue weighted by atomic mass is 10.2. The van der Waals surface area contributed by atoms with Gasteiger partial charge in [-0.05, 0) is 30.7 Å². The van der Waals surface area contributed by atoms with Crippen LogP contribution in [0.4, 0.5) is 10.5 Å². The van der Waals surface area contributed by atoms with Crippen LogP contribution in [0.3, 0.4) is 0 Å². The Labute approximate surface area is 131 Å². The van der Waals surface area contributed by atoms with Crippen LogP contribution < -0.4 is 10.6 Å². The molecule has 0 bridgehead atoms. The number of amides is 3. The van der Waals surface area contributed by atoms with Crippen molar-refractivity contribution in [2.45, 2.75) is 6.92 Å². The van der Waals surface area contributed by atoms with Crippen molar-refractivity contribution in [3.05, 3.63) is 57.8 Å². The van der Waals surface area contributed by atoms with Crippen LogP contribution in [0.5, 0.6) is 0 Å². The SMILES string of the molecule is Cc1ccccc1NC(=O)NC(=O)c1ccc(Cl)nc1Cl. The first-order chi connectivity index (χ1) is 9.97. The lowest BCUT2D eigenvalue weighted by Crippen LogP contribution is -2.34. The van der Waals surface area contributed by atoms with E-state index >= 15 is 0 Å². The predicted octanol–water partition coefficient (Wildman–Crippen LogP) is 3.66. The molecule has 1 aromatic heterocycles. The summed E-state index contributed by atoms with van der Waals surface area (Å²) in [6, 6.07) is 9.37. The molecule has 21 heavy (non-hydrogen) atoms. The summed E-state index contributed by atoms with van der Waals surface area (Å²) in [5, 5.41) is 4.86. The Bertz CT molecular complexity index is 704. The number of nitrogens with zero attached hydrogens (tertiary/aromatic N) is 1. The molecule has 0 spiro atoms. The van der Waals surface area contributed by atoms with Gasteiger partial charge in [0.25, 0.3) is 5.91 Å². The molecule has 0 saturated carbocycles. The zero-order valence-electron chi connectivity index (χ0n) is 11.0. The minimum Gasteiger partial charge on any atom is -0.307 e. The number of urea groups is 1. The number of halogens is 2. The molecule has 1 aromatic carbocycles. The molecule has 1 heterocycles. The molecule has 2 rings (SSSR count). The second kappa shape index (κ2) is 6.56. The summed E-state index contributed by atoms with van der Waals surface area (Å²) in [5.41, 5.74) is 1.57. The summed E-state index contributed by atoms with van der Waals surface area (Å²) in [4.78, 5) is 27.5. The molecule has 0 aliphatic heterocycles. The van der Waals surface area contributed by atoms with E-state index in [9.17, 15) is 9.59 Å². The van der Waals surface area contributed by atoms with E-state index < -0.39 is 11.9 Å². The minimum absolute atomic E-state index is 0.0660. The smallest absolute Gasteiger partial charge is 0.307 e. The summed E-state index contributed by atoms with van der Waals surface area (Å²) in [7, 11) is 0. The van der Waals surface area contributed by atoms with Gasteiger partial charge in [0.05, 0.1) is 5.56 Å². The van der Waals surface area contributed by atoms with Crippen LogP contribution in [-0.2, 0) is 0 Å². The number of hydrogen-bond acceptors (Lipinski definition) is 3. The topological polar surface area (TPSA) is 71.1 Å². The van der Waals surface area contributed by atoms with E-state index in [0.717, 1.165) is 5.56 Å². The molecule has 7 heteroatoms. The van der Waals surface area contributed by atoms with Crippen LogP contribution in [0.25, 0.3) is 0 Å². The largest absolute Gasteiger partial charge is 0.326 e. The highest BCUT2D eigenvalue weighted by Gasteiger charge is 2.15. The van der Waals surface area contributed by atoms with Crippen molar-refractivity contribution in [3.8, 4) is 0 Å². The fourth-order valence-electron chi connectivity index (χ4n) is 1.62. The molecule has 0 aliphatic carbocycles. The van der Waals surface area contributed by atoms with E-state index in [0.29, 0.717) is 5.69 Å². The molecule has 5 nitrogen and oxygen atoms in total. The van der Waals surface area contributed by atoms with E-state index in [2.05, 4.69) is 15.6 Å². The second-order valence-electron chi connectivity index (χ2n) is 4.20. The van der Waals surface area contributed by atoms with E-state index in [1.807, 2.05) is 19.1 Å². The highest BCUT2D eigenvalue weighted by molar-refractivity contribution is 6.35. The van der Waals surface area contributed by atoms with Gasteiger partial charge in [-0.15, -0.1) is 0 Å². The number of hydrogen-bond donors (Lipinski definition) is 2. The number of carbonyl (C=O) groups is 2. The van der Waals surface area contributed by atoms with Crippen molar-refractivity contribution in [2.75, 3.05) is 5.32 Å². The second-order valence-corrected chi connectivity index (χ2v) is 4.94. The van der Waals surface area contributed by atoms with Crippen LogP contribution in [0, 0.1) is 6.92 Å². The average Bonchev–Trinajstić information content (AvgIpc) is 2.41. The number of rotatable bonds is 2. The number of aromatic nitrogens is 1. The third-order valence-corrected chi connectivity index (χ3v) is 3.18. The summed E-state index contributed by atoms with van der Waals surface area (Å²) in [5.74, 6) is -0.657. The van der Waals surface area contributed by atoms with Gasteiger partial charge in [-0.3, -0.25) is 10.1 Å². The fourth-order valence-corrected chi connectivity index (χ4v) is 2.05. The Morgan fingerprint density at radius 2 is 1.81 bits per heavy atom. The van der Waals surface area contributed by atoms with E-state index in [-0.39, 0.29) is 15.9 Å². The van der Waals surface area contributed by atoms with Crippen molar-refractivity contribution in [1.82, 2.24) is 10.3 Å². The summed E-state index contributed by atoms with van der Waals surface area (Å²) in [6.07, 6.45) is 0. The first-order valence-electron chi connectivity index (χ1n) is 5.97. The van der Waals surface area contributed by atoms with E-state index in [4.69, 9.17) is 23.2 Å². The lowest BCUT2D eigenvalue weighted by molar-refractivity contribution is 0.0967. The number of carbonyl (C=O) groups excluding carboxylic acids is 2. The number of imide groups is 1. The number of benzene rings is 1. The van der Waals surface area contributed by atoms with Gasteiger partial charge in [-0.2, -0.15) is 0 Å². The van der Waals surface area contributed by atoms with Crippen LogP contribution in [-0.4, -0.2) is 16.9 Å². The van der Waals surface area contributed by atoms with Gasteiger partial charge in [0.2, 0.25) is 0 Å². The minimum atomic E-state index is -0.657. The summed E-state index contributed by atoms with van der Waals surface area (Å²) >= 11 is 11.5. The molecule has 108 valence electrons. The molecule has 2 N–H and O–H groups in total. The first kappa shape index (κ1) is 15.3. The number of nitrogens with one attached hydrogen (secondary N) is 2. The molecule has 0 fully saturated rings. The Hall–Kier alpha value is -2.11.